The molecule has 1 amide bonds. The molecule has 0 spiro atoms. The second-order valence-corrected chi connectivity index (χ2v) is 12.0. The average Bonchev–Trinajstić information content (AvgIpc) is 3.51. The molecule has 3 fully saturated rings. The van der Waals surface area contributed by atoms with Crippen LogP contribution in [0.5, 0.6) is 0 Å². The van der Waals surface area contributed by atoms with E-state index in [1.165, 1.54) is 6.33 Å². The molecule has 11 heteroatoms. The molecule has 38 heavy (non-hydrogen) atoms. The van der Waals surface area contributed by atoms with E-state index in [9.17, 15) is 18.0 Å². The number of fused-ring (bicyclic) bond motifs is 2. The number of rotatable bonds is 5. The lowest BCUT2D eigenvalue weighted by atomic mass is 9.87. The number of anilines is 1. The van der Waals surface area contributed by atoms with Gasteiger partial charge in [0.15, 0.2) is 0 Å². The van der Waals surface area contributed by atoms with Crippen LogP contribution in [0.25, 0.3) is 10.2 Å². The average molecular weight is 545 g/mol. The topological polar surface area (TPSA) is 65.5 Å². The fourth-order valence-corrected chi connectivity index (χ4v) is 7.39. The van der Waals surface area contributed by atoms with Crippen LogP contribution >= 0.6 is 11.3 Å². The van der Waals surface area contributed by atoms with Crippen molar-refractivity contribution >= 4 is 33.3 Å². The molecule has 0 aliphatic carbocycles. The molecule has 3 aromatic heterocycles. The van der Waals surface area contributed by atoms with E-state index in [1.54, 1.807) is 30.6 Å². The number of carbonyl (C=O) groups is 1. The maximum absolute atomic E-state index is 12.9. The number of nitrogens with zero attached hydrogens (tertiary/aromatic N) is 6. The minimum absolute atomic E-state index is 0.0905. The van der Waals surface area contributed by atoms with Gasteiger partial charge >= 0.3 is 6.18 Å². The monoisotopic (exact) mass is 544 g/mol. The number of alkyl halides is 3. The third-order valence-corrected chi connectivity index (χ3v) is 9.31. The standard InChI is InChI=1S/C27H31F3N6OS/c28-27(29,30)12-22-11-23-24(32-17-33-25(23)38-22)36-15-20-5-8-34(14-21(20)16-36)13-18-3-9-35(10-4-18)26(37)19-1-6-31-7-2-19/h1-2,6-7,11,17-18,20-21H,3-5,8-10,12-16H2/t20-,21+/m1/s1. The summed E-state index contributed by atoms with van der Waals surface area (Å²) in [6.07, 6.45) is 2.80. The van der Waals surface area contributed by atoms with Crippen LogP contribution in [0.3, 0.4) is 0 Å². The Balaban J connectivity index is 1.04. The molecule has 2 atom stereocenters. The first-order valence-corrected chi connectivity index (χ1v) is 14.1. The lowest BCUT2D eigenvalue weighted by Gasteiger charge is -2.39. The van der Waals surface area contributed by atoms with Crippen LogP contribution in [0.1, 0.15) is 34.5 Å². The van der Waals surface area contributed by atoms with Crippen molar-refractivity contribution in [1.82, 2.24) is 24.8 Å². The van der Waals surface area contributed by atoms with Gasteiger partial charge in [0.05, 0.1) is 11.8 Å². The molecule has 0 unspecified atom stereocenters. The highest BCUT2D eigenvalue weighted by atomic mass is 32.1. The fourth-order valence-electron chi connectivity index (χ4n) is 6.37. The molecule has 3 aliphatic heterocycles. The van der Waals surface area contributed by atoms with Crippen molar-refractivity contribution in [2.75, 3.05) is 50.7 Å². The van der Waals surface area contributed by atoms with Gasteiger partial charge in [0, 0.05) is 62.1 Å². The van der Waals surface area contributed by atoms with E-state index >= 15 is 0 Å². The molecule has 202 valence electrons. The molecule has 7 nitrogen and oxygen atoms in total. The van der Waals surface area contributed by atoms with Crippen LogP contribution in [0.4, 0.5) is 19.0 Å². The minimum atomic E-state index is -4.23. The zero-order valence-electron chi connectivity index (χ0n) is 21.1. The Morgan fingerprint density at radius 3 is 2.53 bits per heavy atom. The Bertz CT molecular complexity index is 1280. The predicted molar refractivity (Wildman–Crippen MR) is 140 cm³/mol. The highest BCUT2D eigenvalue weighted by Crippen LogP contribution is 2.38. The van der Waals surface area contributed by atoms with E-state index in [4.69, 9.17) is 0 Å². The van der Waals surface area contributed by atoms with Crippen molar-refractivity contribution in [2.24, 2.45) is 17.8 Å². The van der Waals surface area contributed by atoms with Gasteiger partial charge in [0.1, 0.15) is 17.0 Å². The Labute approximate surface area is 223 Å². The summed E-state index contributed by atoms with van der Waals surface area (Å²) < 4.78 is 38.8. The summed E-state index contributed by atoms with van der Waals surface area (Å²) in [5, 5.41) is 0.736. The number of aromatic nitrogens is 3. The van der Waals surface area contributed by atoms with Crippen LogP contribution in [0, 0.1) is 17.8 Å². The number of halogens is 3. The molecule has 0 saturated carbocycles. The van der Waals surface area contributed by atoms with Gasteiger partial charge in [-0.3, -0.25) is 9.78 Å². The van der Waals surface area contributed by atoms with Gasteiger partial charge in [0.2, 0.25) is 0 Å². The number of hydrogen-bond acceptors (Lipinski definition) is 7. The Hall–Kier alpha value is -2.79. The first kappa shape index (κ1) is 25.5. The summed E-state index contributed by atoms with van der Waals surface area (Å²) in [6, 6.07) is 5.18. The molecule has 6 rings (SSSR count). The van der Waals surface area contributed by atoms with E-state index in [1.807, 2.05) is 4.90 Å². The lowest BCUT2D eigenvalue weighted by Crippen LogP contribution is -2.45. The lowest BCUT2D eigenvalue weighted by molar-refractivity contribution is -0.126. The van der Waals surface area contributed by atoms with E-state index in [0.717, 1.165) is 87.6 Å². The minimum Gasteiger partial charge on any atom is -0.355 e. The summed E-state index contributed by atoms with van der Waals surface area (Å²) in [5.41, 5.74) is 0.700. The van der Waals surface area contributed by atoms with Gasteiger partial charge in [0.25, 0.3) is 5.91 Å². The predicted octanol–water partition coefficient (Wildman–Crippen LogP) is 4.50. The van der Waals surface area contributed by atoms with Crippen LogP contribution in [-0.2, 0) is 6.42 Å². The zero-order valence-corrected chi connectivity index (χ0v) is 21.9. The number of pyridine rings is 1. The van der Waals surface area contributed by atoms with Gasteiger partial charge < -0.3 is 14.7 Å². The third kappa shape index (κ3) is 5.49. The van der Waals surface area contributed by atoms with Crippen molar-refractivity contribution in [3.05, 3.63) is 47.4 Å². The van der Waals surface area contributed by atoms with Gasteiger partial charge in [-0.1, -0.05) is 0 Å². The first-order chi connectivity index (χ1) is 18.3. The highest BCUT2D eigenvalue weighted by Gasteiger charge is 2.39. The van der Waals surface area contributed by atoms with Gasteiger partial charge in [-0.25, -0.2) is 9.97 Å². The van der Waals surface area contributed by atoms with Crippen LogP contribution in [-0.4, -0.2) is 82.6 Å². The third-order valence-electron chi connectivity index (χ3n) is 8.26. The summed E-state index contributed by atoms with van der Waals surface area (Å²) in [6.45, 7) is 6.51. The van der Waals surface area contributed by atoms with Crippen molar-refractivity contribution in [1.29, 1.82) is 0 Å². The Morgan fingerprint density at radius 1 is 1.00 bits per heavy atom. The Kier molecular flexibility index (Phi) is 6.98. The molecule has 6 heterocycles. The number of piperidine rings is 2. The molecule has 0 radical (unpaired) electrons. The SMILES string of the molecule is O=C(c1ccncc1)N1CCC(CN2CC[C@@H]3CN(c4ncnc5sc(CC(F)(F)F)cc45)C[C@@H]3C2)CC1. The smallest absolute Gasteiger partial charge is 0.355 e. The van der Waals surface area contributed by atoms with Gasteiger partial charge in [-0.15, -0.1) is 11.3 Å². The van der Waals surface area contributed by atoms with Crippen LogP contribution in [0.2, 0.25) is 0 Å². The van der Waals surface area contributed by atoms with E-state index in [2.05, 4.69) is 24.8 Å². The van der Waals surface area contributed by atoms with Gasteiger partial charge in [-0.2, -0.15) is 13.2 Å². The van der Waals surface area contributed by atoms with Crippen LogP contribution < -0.4 is 4.90 Å². The maximum Gasteiger partial charge on any atom is 0.393 e. The molecule has 0 N–H and O–H groups in total. The van der Waals surface area contributed by atoms with Crippen molar-refractivity contribution in [3.63, 3.8) is 0 Å². The van der Waals surface area contributed by atoms with Crippen LogP contribution in [0.15, 0.2) is 36.9 Å². The van der Waals surface area contributed by atoms with Crippen molar-refractivity contribution in [3.8, 4) is 0 Å². The highest BCUT2D eigenvalue weighted by molar-refractivity contribution is 7.18. The molecule has 3 aromatic rings. The number of carbonyl (C=O) groups excluding carboxylic acids is 1. The zero-order chi connectivity index (χ0) is 26.3. The van der Waals surface area contributed by atoms with E-state index in [0.29, 0.717) is 28.1 Å². The molecular formula is C27H31F3N6OS. The quantitative estimate of drug-likeness (QED) is 0.471. The first-order valence-electron chi connectivity index (χ1n) is 13.3. The molecule has 3 aliphatic rings. The number of likely N-dealkylation sites (tertiary alicyclic amines) is 2. The fraction of sp³-hybridized carbons (Fsp3) is 0.556. The maximum atomic E-state index is 12.9. The van der Waals surface area contributed by atoms with Crippen molar-refractivity contribution < 1.29 is 18.0 Å². The number of hydrogen-bond donors (Lipinski definition) is 0. The van der Waals surface area contributed by atoms with Crippen molar-refractivity contribution in [2.45, 2.75) is 31.9 Å². The summed E-state index contributed by atoms with van der Waals surface area (Å²) in [5.74, 6) is 2.55. The molecule has 0 aromatic carbocycles. The number of thiophene rings is 1. The normalized spacial score (nSPS) is 23.2. The largest absolute Gasteiger partial charge is 0.393 e. The molecule has 3 saturated heterocycles. The van der Waals surface area contributed by atoms with Gasteiger partial charge in [-0.05, 0) is 61.8 Å². The Morgan fingerprint density at radius 2 is 1.76 bits per heavy atom. The number of amides is 1. The van der Waals surface area contributed by atoms with E-state index in [-0.39, 0.29) is 10.8 Å². The molecule has 0 bridgehead atoms. The molecular weight excluding hydrogens is 513 g/mol. The summed E-state index contributed by atoms with van der Waals surface area (Å²) in [7, 11) is 0. The second kappa shape index (κ2) is 10.4. The second-order valence-electron chi connectivity index (χ2n) is 10.9. The summed E-state index contributed by atoms with van der Waals surface area (Å²) >= 11 is 1.11. The van der Waals surface area contributed by atoms with E-state index < -0.39 is 12.6 Å². The summed E-state index contributed by atoms with van der Waals surface area (Å²) in [4.78, 5) is 33.2.